The van der Waals surface area contributed by atoms with E-state index in [0.29, 0.717) is 30.3 Å². The molecule has 2 fully saturated rings. The van der Waals surface area contributed by atoms with Gasteiger partial charge in [0.15, 0.2) is 0 Å². The molecule has 152 valence electrons. The number of nitrogens with one attached hydrogen (secondary N) is 1. The maximum absolute atomic E-state index is 13.6. The van der Waals surface area contributed by atoms with Gasteiger partial charge in [0.1, 0.15) is 0 Å². The number of halogens is 2. The summed E-state index contributed by atoms with van der Waals surface area (Å²) in [6.07, 6.45) is 5.42. The predicted octanol–water partition coefficient (Wildman–Crippen LogP) is 4.79. The molecule has 2 heterocycles. The molecule has 1 saturated carbocycles. The smallest absolute Gasteiger partial charge is 0.270 e. The number of alkyl halides is 2. The number of carbonyl (C=O) groups excluding carboxylic acids is 1. The van der Waals surface area contributed by atoms with Gasteiger partial charge in [0.2, 0.25) is 11.8 Å². The second-order valence-electron chi connectivity index (χ2n) is 7.83. The molecule has 1 amide bonds. The number of ether oxygens (including phenoxy) is 1. The minimum absolute atomic E-state index is 0.0150. The Balaban J connectivity index is 1.74. The molecular formula is C23H24F2N2O2. The van der Waals surface area contributed by atoms with Gasteiger partial charge in [-0.1, -0.05) is 36.4 Å². The van der Waals surface area contributed by atoms with E-state index in [1.54, 1.807) is 19.2 Å². The van der Waals surface area contributed by atoms with Crippen molar-refractivity contribution in [2.45, 2.75) is 50.5 Å². The number of carbonyl (C=O) groups is 1. The highest BCUT2D eigenvalue weighted by molar-refractivity contribution is 5.82. The monoisotopic (exact) mass is 398 g/mol. The lowest BCUT2D eigenvalue weighted by Gasteiger charge is -2.16. The van der Waals surface area contributed by atoms with Crippen molar-refractivity contribution in [3.63, 3.8) is 0 Å². The van der Waals surface area contributed by atoms with Crippen molar-refractivity contribution in [3.8, 4) is 5.88 Å². The Morgan fingerprint density at radius 2 is 1.90 bits per heavy atom. The van der Waals surface area contributed by atoms with Gasteiger partial charge in [-0.2, -0.15) is 0 Å². The van der Waals surface area contributed by atoms with E-state index in [2.05, 4.69) is 5.32 Å². The summed E-state index contributed by atoms with van der Waals surface area (Å²) in [6, 6.07) is 10.1. The topological polar surface area (TPSA) is 51.2 Å². The maximum Gasteiger partial charge on any atom is 0.270 e. The molecule has 0 radical (unpaired) electrons. The molecule has 1 aliphatic heterocycles. The summed E-state index contributed by atoms with van der Waals surface area (Å²) in [5, 5.41) is 2.93. The molecule has 6 heteroatoms. The Labute approximate surface area is 169 Å². The van der Waals surface area contributed by atoms with Crippen LogP contribution in [0.15, 0.2) is 42.5 Å². The minimum Gasteiger partial charge on any atom is -0.481 e. The van der Waals surface area contributed by atoms with E-state index >= 15 is 0 Å². The molecule has 0 bridgehead atoms. The minimum atomic E-state index is -2.89. The zero-order valence-electron chi connectivity index (χ0n) is 16.5. The lowest BCUT2D eigenvalue weighted by molar-refractivity contribution is -0.119. The van der Waals surface area contributed by atoms with Gasteiger partial charge in [0, 0.05) is 36.1 Å². The Morgan fingerprint density at radius 3 is 2.45 bits per heavy atom. The number of nitrogens with zero attached hydrogens (tertiary/aromatic N) is 1. The predicted molar refractivity (Wildman–Crippen MR) is 107 cm³/mol. The van der Waals surface area contributed by atoms with Crippen LogP contribution in [0, 0.1) is 0 Å². The summed E-state index contributed by atoms with van der Waals surface area (Å²) in [4.78, 5) is 16.3. The molecule has 2 aromatic rings. The molecule has 0 spiro atoms. The summed E-state index contributed by atoms with van der Waals surface area (Å²) >= 11 is 0. The van der Waals surface area contributed by atoms with Crippen molar-refractivity contribution >= 4 is 11.5 Å². The zero-order valence-corrected chi connectivity index (χ0v) is 16.5. The first-order valence-corrected chi connectivity index (χ1v) is 9.90. The fraction of sp³-hybridized carbons (Fsp3) is 0.391. The first-order chi connectivity index (χ1) is 13.8. The number of amides is 1. The summed E-state index contributed by atoms with van der Waals surface area (Å²) < 4.78 is 32.7. The molecule has 29 heavy (non-hydrogen) atoms. The largest absolute Gasteiger partial charge is 0.481 e. The summed E-state index contributed by atoms with van der Waals surface area (Å²) in [7, 11) is 1.61. The number of methoxy groups -OCH3 is 1. The molecule has 4 nitrogen and oxygen atoms in total. The van der Waals surface area contributed by atoms with Gasteiger partial charge in [-0.15, -0.1) is 0 Å². The van der Waals surface area contributed by atoms with Crippen LogP contribution < -0.4 is 10.1 Å². The van der Waals surface area contributed by atoms with Crippen LogP contribution in [0.5, 0.6) is 5.88 Å². The molecular weight excluding hydrogens is 374 g/mol. The van der Waals surface area contributed by atoms with Crippen LogP contribution in [-0.2, 0) is 10.7 Å². The third-order valence-electron chi connectivity index (χ3n) is 5.48. The molecule has 2 aliphatic rings. The molecule has 1 atom stereocenters. The van der Waals surface area contributed by atoms with Crippen LogP contribution in [0.4, 0.5) is 8.78 Å². The molecule has 1 aromatic carbocycles. The lowest BCUT2D eigenvalue weighted by Crippen LogP contribution is -2.23. The molecule has 1 aromatic heterocycles. The highest BCUT2D eigenvalue weighted by atomic mass is 19.3. The third-order valence-corrected chi connectivity index (χ3v) is 5.48. The number of aromatic nitrogens is 1. The average molecular weight is 398 g/mol. The number of hydrogen-bond acceptors (Lipinski definition) is 3. The van der Waals surface area contributed by atoms with Gasteiger partial charge in [-0.3, -0.25) is 4.79 Å². The number of hydrogen-bond donors (Lipinski definition) is 1. The van der Waals surface area contributed by atoms with Crippen LogP contribution in [0.3, 0.4) is 0 Å². The van der Waals surface area contributed by atoms with Gasteiger partial charge < -0.3 is 10.1 Å². The zero-order chi connectivity index (χ0) is 20.6. The SMILES string of the molecule is COc1nc(C(=C[C@H]2CCC(=O)N2)c2ccc(C(C)(F)F)cc2)ccc1C1CC1. The van der Waals surface area contributed by atoms with E-state index in [1.807, 2.05) is 18.2 Å². The molecule has 1 saturated heterocycles. The van der Waals surface area contributed by atoms with Crippen LogP contribution in [0.2, 0.25) is 0 Å². The van der Waals surface area contributed by atoms with Crippen molar-refractivity contribution in [2.24, 2.45) is 0 Å². The number of rotatable bonds is 6. The van der Waals surface area contributed by atoms with Crippen molar-refractivity contribution < 1.29 is 18.3 Å². The van der Waals surface area contributed by atoms with Crippen LogP contribution in [0.1, 0.15) is 60.9 Å². The first kappa shape index (κ1) is 19.6. The standard InChI is InChI=1S/C23H24F2N2O2/c1-23(24,25)16-7-5-15(6-8-16)19(13-17-9-12-21(28)26-17)20-11-10-18(14-3-4-14)22(27-20)29-2/h5-8,10-11,13-14,17H,3-4,9,12H2,1-2H3,(H,26,28)/t17-/m1/s1. The molecule has 1 aliphatic carbocycles. The van der Waals surface area contributed by atoms with Crippen molar-refractivity contribution in [3.05, 3.63) is 64.9 Å². The second-order valence-corrected chi connectivity index (χ2v) is 7.83. The van der Waals surface area contributed by atoms with E-state index in [1.165, 1.54) is 12.1 Å². The van der Waals surface area contributed by atoms with E-state index in [-0.39, 0.29) is 17.5 Å². The normalized spacial score (nSPS) is 19.9. The molecule has 1 N–H and O–H groups in total. The third kappa shape index (κ3) is 4.31. The Morgan fingerprint density at radius 1 is 1.17 bits per heavy atom. The van der Waals surface area contributed by atoms with Crippen LogP contribution in [-0.4, -0.2) is 24.0 Å². The van der Waals surface area contributed by atoms with Gasteiger partial charge in [0.05, 0.1) is 12.8 Å². The first-order valence-electron chi connectivity index (χ1n) is 9.90. The van der Waals surface area contributed by atoms with Gasteiger partial charge in [0.25, 0.3) is 5.92 Å². The van der Waals surface area contributed by atoms with E-state index in [0.717, 1.165) is 36.5 Å². The number of benzene rings is 1. The van der Waals surface area contributed by atoms with E-state index in [9.17, 15) is 13.6 Å². The quantitative estimate of drug-likeness (QED) is 0.761. The second kappa shape index (κ2) is 7.58. The highest BCUT2D eigenvalue weighted by Gasteiger charge is 2.29. The van der Waals surface area contributed by atoms with Crippen molar-refractivity contribution in [1.82, 2.24) is 10.3 Å². The van der Waals surface area contributed by atoms with Crippen molar-refractivity contribution in [1.29, 1.82) is 0 Å². The fourth-order valence-corrected chi connectivity index (χ4v) is 3.71. The Bertz CT molecular complexity index is 944. The molecule has 0 unspecified atom stereocenters. The fourth-order valence-electron chi connectivity index (χ4n) is 3.71. The summed E-state index contributed by atoms with van der Waals surface area (Å²) in [5.74, 6) is -1.78. The van der Waals surface area contributed by atoms with Crippen molar-refractivity contribution in [2.75, 3.05) is 7.11 Å². The van der Waals surface area contributed by atoms with E-state index in [4.69, 9.17) is 9.72 Å². The average Bonchev–Trinajstić information content (AvgIpc) is 3.46. The number of pyridine rings is 1. The van der Waals surface area contributed by atoms with Crippen LogP contribution in [0.25, 0.3) is 5.57 Å². The van der Waals surface area contributed by atoms with Gasteiger partial charge in [-0.25, -0.2) is 13.8 Å². The lowest BCUT2D eigenvalue weighted by atomic mass is 9.96. The van der Waals surface area contributed by atoms with Gasteiger partial charge >= 0.3 is 0 Å². The summed E-state index contributed by atoms with van der Waals surface area (Å²) in [6.45, 7) is 0.885. The highest BCUT2D eigenvalue weighted by Crippen LogP contribution is 2.44. The van der Waals surface area contributed by atoms with Crippen LogP contribution >= 0.6 is 0 Å². The Kier molecular flexibility index (Phi) is 5.11. The van der Waals surface area contributed by atoms with E-state index < -0.39 is 5.92 Å². The maximum atomic E-state index is 13.6. The summed E-state index contributed by atoms with van der Waals surface area (Å²) in [5.41, 5.74) is 3.33. The Hall–Kier alpha value is -2.76. The molecule has 4 rings (SSSR count). The van der Waals surface area contributed by atoms with Gasteiger partial charge in [-0.05, 0) is 36.8 Å².